The SMILES string of the molecule is CC(O)(CCN)Cc1ccc(Cl)s1. The normalized spacial score (nSPS) is 15.7. The molecule has 1 heterocycles. The van der Waals surface area contributed by atoms with Crippen LogP contribution in [-0.2, 0) is 6.42 Å². The van der Waals surface area contributed by atoms with Crippen molar-refractivity contribution in [2.75, 3.05) is 6.54 Å². The molecule has 0 saturated heterocycles. The molecule has 1 aromatic heterocycles. The number of halogens is 1. The molecule has 74 valence electrons. The molecule has 0 aliphatic heterocycles. The molecule has 0 aromatic carbocycles. The topological polar surface area (TPSA) is 46.2 Å². The standard InChI is InChI=1S/C9H14ClNOS/c1-9(12,4-5-11)6-7-2-3-8(10)13-7/h2-3,12H,4-6,11H2,1H3. The highest BCUT2D eigenvalue weighted by Gasteiger charge is 2.20. The molecular weight excluding hydrogens is 206 g/mol. The van der Waals surface area contributed by atoms with Crippen LogP contribution < -0.4 is 5.73 Å². The lowest BCUT2D eigenvalue weighted by molar-refractivity contribution is 0.0547. The third-order valence-electron chi connectivity index (χ3n) is 1.87. The molecule has 1 aromatic rings. The van der Waals surface area contributed by atoms with Crippen molar-refractivity contribution in [1.29, 1.82) is 0 Å². The maximum atomic E-state index is 9.86. The molecule has 2 nitrogen and oxygen atoms in total. The fraction of sp³-hybridized carbons (Fsp3) is 0.556. The number of hydrogen-bond acceptors (Lipinski definition) is 3. The van der Waals surface area contributed by atoms with Crippen LogP contribution in [-0.4, -0.2) is 17.3 Å². The van der Waals surface area contributed by atoms with Crippen molar-refractivity contribution >= 4 is 22.9 Å². The van der Waals surface area contributed by atoms with Crippen molar-refractivity contribution in [2.24, 2.45) is 5.73 Å². The summed E-state index contributed by atoms with van der Waals surface area (Å²) in [6, 6.07) is 3.79. The van der Waals surface area contributed by atoms with Crippen LogP contribution in [0.5, 0.6) is 0 Å². The highest BCUT2D eigenvalue weighted by molar-refractivity contribution is 7.16. The first kappa shape index (κ1) is 11.0. The van der Waals surface area contributed by atoms with Crippen LogP contribution >= 0.6 is 22.9 Å². The summed E-state index contributed by atoms with van der Waals surface area (Å²) in [4.78, 5) is 1.10. The molecule has 3 N–H and O–H groups in total. The molecule has 0 bridgehead atoms. The van der Waals surface area contributed by atoms with Crippen molar-refractivity contribution in [2.45, 2.75) is 25.4 Å². The van der Waals surface area contributed by atoms with Gasteiger partial charge in [0, 0.05) is 11.3 Å². The number of aliphatic hydroxyl groups is 1. The van der Waals surface area contributed by atoms with Crippen LogP contribution in [0.2, 0.25) is 4.34 Å². The summed E-state index contributed by atoms with van der Waals surface area (Å²) in [6.07, 6.45) is 1.24. The van der Waals surface area contributed by atoms with Crippen LogP contribution in [0.4, 0.5) is 0 Å². The van der Waals surface area contributed by atoms with E-state index in [1.165, 1.54) is 11.3 Å². The van der Waals surface area contributed by atoms with E-state index < -0.39 is 5.60 Å². The molecule has 1 atom stereocenters. The van der Waals surface area contributed by atoms with Crippen molar-refractivity contribution in [1.82, 2.24) is 0 Å². The lowest BCUT2D eigenvalue weighted by Gasteiger charge is -2.21. The summed E-state index contributed by atoms with van der Waals surface area (Å²) >= 11 is 7.28. The van der Waals surface area contributed by atoms with E-state index >= 15 is 0 Å². The maximum absolute atomic E-state index is 9.86. The Hall–Kier alpha value is -0.0900. The molecule has 0 amide bonds. The van der Waals surface area contributed by atoms with Crippen LogP contribution in [0, 0.1) is 0 Å². The predicted octanol–water partition coefficient (Wildman–Crippen LogP) is 2.04. The van der Waals surface area contributed by atoms with E-state index in [-0.39, 0.29) is 0 Å². The second kappa shape index (κ2) is 4.42. The first-order chi connectivity index (χ1) is 6.03. The maximum Gasteiger partial charge on any atom is 0.0931 e. The molecule has 0 radical (unpaired) electrons. The molecular formula is C9H14ClNOS. The van der Waals surface area contributed by atoms with Gasteiger partial charge in [0.15, 0.2) is 0 Å². The summed E-state index contributed by atoms with van der Waals surface area (Å²) in [7, 11) is 0. The second-order valence-electron chi connectivity index (χ2n) is 3.42. The Kier molecular flexibility index (Phi) is 3.74. The van der Waals surface area contributed by atoms with E-state index in [9.17, 15) is 5.11 Å². The third-order valence-corrected chi connectivity index (χ3v) is 3.10. The fourth-order valence-electron chi connectivity index (χ4n) is 1.22. The van der Waals surface area contributed by atoms with Gasteiger partial charge in [0.05, 0.1) is 9.94 Å². The number of thiophene rings is 1. The molecule has 0 fully saturated rings. The Morgan fingerprint density at radius 3 is 2.77 bits per heavy atom. The second-order valence-corrected chi connectivity index (χ2v) is 5.22. The van der Waals surface area contributed by atoms with Crippen molar-refractivity contribution in [3.8, 4) is 0 Å². The number of hydrogen-bond donors (Lipinski definition) is 2. The van der Waals surface area contributed by atoms with E-state index in [0.29, 0.717) is 19.4 Å². The van der Waals surface area contributed by atoms with Crippen LogP contribution in [0.3, 0.4) is 0 Å². The van der Waals surface area contributed by atoms with Gasteiger partial charge in [-0.3, -0.25) is 0 Å². The van der Waals surface area contributed by atoms with E-state index in [4.69, 9.17) is 17.3 Å². The van der Waals surface area contributed by atoms with Crippen LogP contribution in [0.1, 0.15) is 18.2 Å². The zero-order chi connectivity index (χ0) is 9.90. The van der Waals surface area contributed by atoms with Crippen LogP contribution in [0.25, 0.3) is 0 Å². The fourth-order valence-corrected chi connectivity index (χ4v) is 2.49. The summed E-state index contributed by atoms with van der Waals surface area (Å²) < 4.78 is 0.763. The molecule has 0 spiro atoms. The summed E-state index contributed by atoms with van der Waals surface area (Å²) in [5, 5.41) is 9.86. The molecule has 0 saturated carbocycles. The van der Waals surface area contributed by atoms with Gasteiger partial charge in [0.25, 0.3) is 0 Å². The quantitative estimate of drug-likeness (QED) is 0.814. The molecule has 0 aliphatic rings. The van der Waals surface area contributed by atoms with Gasteiger partial charge in [-0.25, -0.2) is 0 Å². The monoisotopic (exact) mass is 219 g/mol. The Balaban J connectivity index is 2.57. The van der Waals surface area contributed by atoms with Crippen molar-refractivity contribution < 1.29 is 5.11 Å². The minimum absolute atomic E-state index is 0.506. The van der Waals surface area contributed by atoms with E-state index in [0.717, 1.165) is 9.21 Å². The van der Waals surface area contributed by atoms with E-state index in [1.807, 2.05) is 12.1 Å². The Morgan fingerprint density at radius 2 is 2.31 bits per heavy atom. The van der Waals surface area contributed by atoms with Gasteiger partial charge in [-0.05, 0) is 32.0 Å². The number of nitrogens with two attached hydrogens (primary N) is 1. The molecule has 0 aliphatic carbocycles. The largest absolute Gasteiger partial charge is 0.390 e. The summed E-state index contributed by atoms with van der Waals surface area (Å²) in [5.74, 6) is 0. The van der Waals surface area contributed by atoms with Gasteiger partial charge >= 0.3 is 0 Å². The minimum Gasteiger partial charge on any atom is -0.390 e. The Labute approximate surface area is 87.3 Å². The van der Waals surface area contributed by atoms with E-state index in [2.05, 4.69) is 0 Å². The minimum atomic E-state index is -0.705. The van der Waals surface area contributed by atoms with Crippen molar-refractivity contribution in [3.05, 3.63) is 21.3 Å². The first-order valence-corrected chi connectivity index (χ1v) is 5.39. The lowest BCUT2D eigenvalue weighted by Crippen LogP contribution is -2.29. The Bertz CT molecular complexity index is 272. The van der Waals surface area contributed by atoms with Gasteiger partial charge in [-0.2, -0.15) is 0 Å². The molecule has 1 rings (SSSR count). The molecule has 4 heteroatoms. The predicted molar refractivity (Wildman–Crippen MR) is 57.3 cm³/mol. The van der Waals surface area contributed by atoms with Gasteiger partial charge in [-0.1, -0.05) is 11.6 Å². The summed E-state index contributed by atoms with van der Waals surface area (Å²) in [5.41, 5.74) is 4.69. The number of rotatable bonds is 4. The first-order valence-electron chi connectivity index (χ1n) is 4.20. The summed E-state index contributed by atoms with van der Waals surface area (Å²) in [6.45, 7) is 2.31. The molecule has 1 unspecified atom stereocenters. The van der Waals surface area contributed by atoms with Gasteiger partial charge in [-0.15, -0.1) is 11.3 Å². The van der Waals surface area contributed by atoms with E-state index in [1.54, 1.807) is 6.92 Å². The van der Waals surface area contributed by atoms with Gasteiger partial charge < -0.3 is 10.8 Å². The Morgan fingerprint density at radius 1 is 1.62 bits per heavy atom. The molecule has 13 heavy (non-hydrogen) atoms. The van der Waals surface area contributed by atoms with Crippen molar-refractivity contribution in [3.63, 3.8) is 0 Å². The zero-order valence-electron chi connectivity index (χ0n) is 7.59. The smallest absolute Gasteiger partial charge is 0.0931 e. The van der Waals surface area contributed by atoms with Gasteiger partial charge in [0.1, 0.15) is 0 Å². The average Bonchev–Trinajstić information content (AvgIpc) is 2.34. The van der Waals surface area contributed by atoms with Gasteiger partial charge in [0.2, 0.25) is 0 Å². The lowest BCUT2D eigenvalue weighted by atomic mass is 9.97. The van der Waals surface area contributed by atoms with Crippen LogP contribution in [0.15, 0.2) is 12.1 Å². The highest BCUT2D eigenvalue weighted by atomic mass is 35.5. The average molecular weight is 220 g/mol. The third kappa shape index (κ3) is 3.65. The zero-order valence-corrected chi connectivity index (χ0v) is 9.16. The highest BCUT2D eigenvalue weighted by Crippen LogP contribution is 2.26.